The van der Waals surface area contributed by atoms with Gasteiger partial charge in [0.1, 0.15) is 0 Å². The van der Waals surface area contributed by atoms with Crippen LogP contribution in [0.5, 0.6) is 0 Å². The molecule has 0 radical (unpaired) electrons. The van der Waals surface area contributed by atoms with Crippen LogP contribution in [0.4, 0.5) is 0 Å². The summed E-state index contributed by atoms with van der Waals surface area (Å²) in [4.78, 5) is 24.2. The van der Waals surface area contributed by atoms with E-state index in [9.17, 15) is 4.79 Å². The Morgan fingerprint density at radius 3 is 2.65 bits per heavy atom. The summed E-state index contributed by atoms with van der Waals surface area (Å²) in [6.07, 6.45) is 3.65. The van der Waals surface area contributed by atoms with Crippen LogP contribution in [0.15, 0.2) is 41.5 Å². The first-order valence-corrected chi connectivity index (χ1v) is 8.96. The van der Waals surface area contributed by atoms with E-state index in [0.717, 1.165) is 35.2 Å². The lowest BCUT2D eigenvalue weighted by Gasteiger charge is -2.45. The van der Waals surface area contributed by atoms with Gasteiger partial charge in [0, 0.05) is 24.2 Å². The van der Waals surface area contributed by atoms with E-state index in [1.165, 1.54) is 10.5 Å². The summed E-state index contributed by atoms with van der Waals surface area (Å²) in [5.74, 6) is 0.229. The zero-order valence-corrected chi connectivity index (χ0v) is 15.7. The van der Waals surface area contributed by atoms with Crippen molar-refractivity contribution in [2.75, 3.05) is 7.05 Å². The third kappa shape index (κ3) is 2.13. The van der Waals surface area contributed by atoms with Crippen LogP contribution in [0.25, 0.3) is 11.3 Å². The molecule has 2 aliphatic rings. The number of carbonyl (C=O) groups is 1. The normalized spacial score (nSPS) is 23.9. The second-order valence-electron chi connectivity index (χ2n) is 8.02. The number of hydrogen-bond acceptors (Lipinski definition) is 4. The van der Waals surface area contributed by atoms with Crippen LogP contribution in [0.3, 0.4) is 0 Å². The molecule has 1 aliphatic carbocycles. The molecule has 5 heteroatoms. The molecule has 2 N–H and O–H groups in total. The maximum Gasteiger partial charge on any atom is 0.262 e. The summed E-state index contributed by atoms with van der Waals surface area (Å²) in [7, 11) is 1.70. The number of amides is 1. The Bertz CT molecular complexity index is 947. The van der Waals surface area contributed by atoms with Gasteiger partial charge < -0.3 is 5.73 Å². The molecule has 2 heterocycles. The van der Waals surface area contributed by atoms with Crippen molar-refractivity contribution >= 4 is 11.9 Å². The van der Waals surface area contributed by atoms with Gasteiger partial charge in [-0.05, 0) is 43.0 Å². The predicted molar refractivity (Wildman–Crippen MR) is 103 cm³/mol. The van der Waals surface area contributed by atoms with Crippen LogP contribution in [-0.4, -0.2) is 28.8 Å². The first-order valence-electron chi connectivity index (χ1n) is 8.96. The maximum absolute atomic E-state index is 13.3. The second-order valence-corrected chi connectivity index (χ2v) is 8.02. The van der Waals surface area contributed by atoms with E-state index in [1.54, 1.807) is 7.05 Å². The molecular formula is C21H24N4O. The van der Waals surface area contributed by atoms with Crippen LogP contribution >= 0.6 is 0 Å². The summed E-state index contributed by atoms with van der Waals surface area (Å²) >= 11 is 0. The molecule has 26 heavy (non-hydrogen) atoms. The van der Waals surface area contributed by atoms with Gasteiger partial charge in [-0.25, -0.2) is 4.99 Å². The van der Waals surface area contributed by atoms with Crippen molar-refractivity contribution in [1.29, 1.82) is 0 Å². The molecule has 1 atom stereocenters. The second kappa shape index (κ2) is 5.40. The Hall–Kier alpha value is -2.69. The fourth-order valence-electron chi connectivity index (χ4n) is 4.23. The van der Waals surface area contributed by atoms with Gasteiger partial charge in [-0.15, -0.1) is 0 Å². The van der Waals surface area contributed by atoms with Gasteiger partial charge in [-0.3, -0.25) is 14.7 Å². The lowest BCUT2D eigenvalue weighted by Crippen LogP contribution is -2.51. The number of guanidine groups is 1. The Morgan fingerprint density at radius 1 is 1.23 bits per heavy atom. The monoisotopic (exact) mass is 348 g/mol. The minimum Gasteiger partial charge on any atom is -0.369 e. The molecule has 1 aliphatic heterocycles. The van der Waals surface area contributed by atoms with E-state index in [2.05, 4.69) is 37.9 Å². The van der Waals surface area contributed by atoms with Crippen LogP contribution < -0.4 is 5.73 Å². The molecule has 2 aromatic rings. The van der Waals surface area contributed by atoms with Crippen molar-refractivity contribution in [3.63, 3.8) is 0 Å². The molecule has 1 amide bonds. The minimum atomic E-state index is -0.971. The van der Waals surface area contributed by atoms with Gasteiger partial charge >= 0.3 is 0 Å². The molecule has 1 aromatic carbocycles. The highest BCUT2D eigenvalue weighted by Crippen LogP contribution is 2.54. The van der Waals surface area contributed by atoms with E-state index >= 15 is 0 Å². The molecule has 0 saturated heterocycles. The number of nitrogens with zero attached hydrogens (tertiary/aromatic N) is 3. The highest BCUT2D eigenvalue weighted by molar-refractivity contribution is 6.07. The first kappa shape index (κ1) is 16.8. The first-order chi connectivity index (χ1) is 12.3. The lowest BCUT2D eigenvalue weighted by atomic mass is 9.61. The highest BCUT2D eigenvalue weighted by atomic mass is 16.2. The molecule has 1 aromatic heterocycles. The lowest BCUT2D eigenvalue weighted by molar-refractivity contribution is -0.135. The van der Waals surface area contributed by atoms with E-state index in [4.69, 9.17) is 10.7 Å². The maximum atomic E-state index is 13.3. The van der Waals surface area contributed by atoms with Gasteiger partial charge in [0.15, 0.2) is 11.5 Å². The van der Waals surface area contributed by atoms with Crippen molar-refractivity contribution in [1.82, 2.24) is 9.88 Å². The molecule has 0 bridgehead atoms. The highest BCUT2D eigenvalue weighted by Gasteiger charge is 2.60. The Balaban J connectivity index is 1.96. The van der Waals surface area contributed by atoms with Crippen molar-refractivity contribution in [3.05, 3.63) is 53.2 Å². The average molecular weight is 348 g/mol. The van der Waals surface area contributed by atoms with E-state index in [1.807, 2.05) is 24.4 Å². The summed E-state index contributed by atoms with van der Waals surface area (Å²) < 4.78 is 0. The minimum absolute atomic E-state index is 0.0534. The number of pyridine rings is 1. The molecule has 0 saturated carbocycles. The van der Waals surface area contributed by atoms with Gasteiger partial charge in [0.2, 0.25) is 0 Å². The van der Waals surface area contributed by atoms with Gasteiger partial charge in [-0.2, -0.15) is 0 Å². The topological polar surface area (TPSA) is 71.6 Å². The average Bonchev–Trinajstić information content (AvgIpc) is 2.84. The van der Waals surface area contributed by atoms with Crippen LogP contribution in [0.2, 0.25) is 0 Å². The van der Waals surface area contributed by atoms with Crippen molar-refractivity contribution in [2.24, 2.45) is 16.1 Å². The van der Waals surface area contributed by atoms with E-state index in [0.29, 0.717) is 0 Å². The molecule has 4 rings (SSSR count). The molecule has 5 nitrogen and oxygen atoms in total. The fraction of sp³-hybridized carbons (Fsp3) is 0.381. The fourth-order valence-corrected chi connectivity index (χ4v) is 4.23. The summed E-state index contributed by atoms with van der Waals surface area (Å²) in [5.41, 5.74) is 9.88. The Morgan fingerprint density at radius 2 is 2.00 bits per heavy atom. The molecule has 0 fully saturated rings. The molecule has 1 spiro atoms. The molecular weight excluding hydrogens is 324 g/mol. The summed E-state index contributed by atoms with van der Waals surface area (Å²) in [5, 5.41) is 0. The zero-order valence-electron chi connectivity index (χ0n) is 15.7. The number of aromatic nitrogens is 1. The summed E-state index contributed by atoms with van der Waals surface area (Å²) in [6.45, 7) is 6.28. The van der Waals surface area contributed by atoms with Crippen LogP contribution in [0, 0.1) is 12.3 Å². The zero-order chi connectivity index (χ0) is 18.7. The predicted octanol–water partition coefficient (Wildman–Crippen LogP) is 3.01. The standard InChI is InChI=1S/C21H24N4O/c1-13-6-5-7-14(10-13)17-11-16-15(12-23-17)8-9-20(2,3)21(16)18(26)25(4)19(22)24-21/h5-7,10-12H,8-9H2,1-4H3,(H2,22,24). The van der Waals surface area contributed by atoms with E-state index in [-0.39, 0.29) is 17.3 Å². The Kier molecular flexibility index (Phi) is 3.48. The van der Waals surface area contributed by atoms with Crippen molar-refractivity contribution < 1.29 is 4.79 Å². The van der Waals surface area contributed by atoms with Crippen molar-refractivity contribution in [2.45, 2.75) is 39.2 Å². The third-order valence-electron chi connectivity index (χ3n) is 5.93. The number of carbonyl (C=O) groups excluding carboxylic acids is 1. The quantitative estimate of drug-likeness (QED) is 0.861. The van der Waals surface area contributed by atoms with Crippen molar-refractivity contribution in [3.8, 4) is 11.3 Å². The molecule has 1 unspecified atom stereocenters. The number of hydrogen-bond donors (Lipinski definition) is 1. The molecule has 134 valence electrons. The SMILES string of the molecule is Cc1cccc(-c2cc3c(cn2)CCC(C)(C)C32N=C(N)N(C)C2=O)c1. The van der Waals surface area contributed by atoms with E-state index < -0.39 is 5.54 Å². The smallest absolute Gasteiger partial charge is 0.262 e. The number of aryl methyl sites for hydroxylation is 2. The number of rotatable bonds is 1. The van der Waals surface area contributed by atoms with Gasteiger partial charge in [0.05, 0.1) is 5.69 Å². The number of likely N-dealkylation sites (N-methyl/N-ethyl adjacent to an activating group) is 1. The number of aliphatic imine (C=N–C) groups is 1. The third-order valence-corrected chi connectivity index (χ3v) is 5.93. The van der Waals surface area contributed by atoms with Crippen LogP contribution in [-0.2, 0) is 16.8 Å². The van der Waals surface area contributed by atoms with Gasteiger partial charge in [-0.1, -0.05) is 37.6 Å². The number of fused-ring (bicyclic) bond motifs is 2. The summed E-state index contributed by atoms with van der Waals surface area (Å²) in [6, 6.07) is 10.3. The van der Waals surface area contributed by atoms with Gasteiger partial charge in [0.25, 0.3) is 5.91 Å². The Labute approximate surface area is 154 Å². The largest absolute Gasteiger partial charge is 0.369 e. The number of nitrogens with two attached hydrogens (primary N) is 1. The van der Waals surface area contributed by atoms with Crippen LogP contribution in [0.1, 0.15) is 37.0 Å². The number of benzene rings is 1.